The second kappa shape index (κ2) is 12.1. The van der Waals surface area contributed by atoms with Crippen LogP contribution in [-0.4, -0.2) is 38.9 Å². The van der Waals surface area contributed by atoms with E-state index in [1.54, 1.807) is 31.2 Å². The lowest BCUT2D eigenvalue weighted by molar-refractivity contribution is -0.376. The summed E-state index contributed by atoms with van der Waals surface area (Å²) < 4.78 is 126. The lowest BCUT2D eigenvalue weighted by Crippen LogP contribution is -2.53. The Hall–Kier alpha value is -3.65. The largest absolute Gasteiger partial charge is 0.463 e. The molecule has 0 amide bonds. The quantitative estimate of drug-likeness (QED) is 0.207. The van der Waals surface area contributed by atoms with E-state index < -0.39 is 39.4 Å². The lowest BCUT2D eigenvalue weighted by atomic mass is 9.90. The number of sulfonamides is 1. The maximum atomic E-state index is 14.8. The highest BCUT2D eigenvalue weighted by Gasteiger charge is 2.71. The molecule has 0 bridgehead atoms. The summed E-state index contributed by atoms with van der Waals surface area (Å²) in [5.74, 6) is -1.83. The molecule has 0 saturated heterocycles. The van der Waals surface area contributed by atoms with Crippen LogP contribution >= 0.6 is 0 Å². The number of halogens is 7. The van der Waals surface area contributed by atoms with Crippen LogP contribution in [-0.2, 0) is 37.5 Å². The van der Waals surface area contributed by atoms with E-state index in [4.69, 9.17) is 0 Å². The molecular weight excluding hydrogens is 583 g/mol. The molecule has 0 radical (unpaired) electrons. The fraction of sp³-hybridized carbons (Fsp3) is 0.296. The summed E-state index contributed by atoms with van der Waals surface area (Å²) in [5.41, 5.74) is -6.02. The van der Waals surface area contributed by atoms with Crippen molar-refractivity contribution in [1.29, 1.82) is 0 Å². The maximum Gasteiger partial charge on any atom is 0.430 e. The maximum absolute atomic E-state index is 14.8. The minimum absolute atomic E-state index is 0.0275. The molecule has 0 heterocycles. The van der Waals surface area contributed by atoms with E-state index in [9.17, 15) is 49.1 Å². The van der Waals surface area contributed by atoms with E-state index >= 15 is 0 Å². The van der Waals surface area contributed by atoms with Crippen LogP contribution < -0.4 is 4.31 Å². The van der Waals surface area contributed by atoms with Gasteiger partial charge in [0.25, 0.3) is 12.1 Å². The molecule has 0 aliphatic carbocycles. The van der Waals surface area contributed by atoms with Crippen LogP contribution in [0, 0.1) is 5.82 Å². The van der Waals surface area contributed by atoms with Gasteiger partial charge in [0.1, 0.15) is 12.4 Å². The van der Waals surface area contributed by atoms with Crippen molar-refractivity contribution in [2.24, 2.45) is 0 Å². The summed E-state index contributed by atoms with van der Waals surface area (Å²) >= 11 is 0. The van der Waals surface area contributed by atoms with Crippen LogP contribution in [0.4, 0.5) is 36.4 Å². The predicted octanol–water partition coefficient (Wildman–Crippen LogP) is 6.22. The van der Waals surface area contributed by atoms with E-state index in [0.29, 0.717) is 29.7 Å². The molecule has 0 aliphatic heterocycles. The van der Waals surface area contributed by atoms with E-state index in [1.807, 2.05) is 0 Å². The average Bonchev–Trinajstić information content (AvgIpc) is 2.89. The zero-order valence-corrected chi connectivity index (χ0v) is 22.2. The van der Waals surface area contributed by atoms with Crippen LogP contribution in [0.5, 0.6) is 0 Å². The van der Waals surface area contributed by atoms with Crippen molar-refractivity contribution in [2.75, 3.05) is 10.8 Å². The zero-order valence-electron chi connectivity index (χ0n) is 21.3. The van der Waals surface area contributed by atoms with Gasteiger partial charge in [0.15, 0.2) is 0 Å². The van der Waals surface area contributed by atoms with Crippen molar-refractivity contribution < 1.29 is 53.8 Å². The normalized spacial score (nSPS) is 12.7. The number of carbonyl (C=O) groups is 1. The van der Waals surface area contributed by atoms with Gasteiger partial charge in [0, 0.05) is 17.7 Å². The van der Waals surface area contributed by atoms with E-state index in [2.05, 4.69) is 4.74 Å². The molecule has 0 spiro atoms. The van der Waals surface area contributed by atoms with Crippen molar-refractivity contribution in [2.45, 2.75) is 43.7 Å². The molecule has 0 saturated carbocycles. The monoisotopic (exact) mass is 607 g/mol. The van der Waals surface area contributed by atoms with Gasteiger partial charge in [-0.3, -0.25) is 9.10 Å². The third-order valence-corrected chi connectivity index (χ3v) is 7.89. The Morgan fingerprint density at radius 3 is 1.93 bits per heavy atom. The van der Waals surface area contributed by atoms with Gasteiger partial charge < -0.3 is 9.84 Å². The Kier molecular flexibility index (Phi) is 9.38. The van der Waals surface area contributed by atoms with E-state index in [1.165, 1.54) is 24.3 Å². The smallest absolute Gasteiger partial charge is 0.430 e. The van der Waals surface area contributed by atoms with Gasteiger partial charge in [-0.25, -0.2) is 12.8 Å². The number of anilines is 1. The Morgan fingerprint density at radius 1 is 0.878 bits per heavy atom. The Balaban J connectivity index is 1.89. The second-order valence-corrected chi connectivity index (χ2v) is 10.9. The summed E-state index contributed by atoms with van der Waals surface area (Å²) in [7, 11) is -3.93. The molecule has 222 valence electrons. The molecule has 0 fully saturated rings. The van der Waals surface area contributed by atoms with Gasteiger partial charge in [-0.1, -0.05) is 55.5 Å². The number of carbonyl (C=O) groups excluding carboxylic acids is 1. The summed E-state index contributed by atoms with van der Waals surface area (Å²) in [6, 6.07) is 12.5. The van der Waals surface area contributed by atoms with Crippen molar-refractivity contribution in [3.05, 3.63) is 89.2 Å². The standard InChI is InChI=1S/C27H24F7NO5S/c1-2-13-35(41(38,39)16-19-5-3-18(4-6-19)15-40-17-36)22-10-7-20(8-11-22)23-12-9-21(14-24(23)28)25(37,26(29,30)31)27(32,33)34/h3-12,14,17,37H,2,13,15-16H2,1H3. The summed E-state index contributed by atoms with van der Waals surface area (Å²) in [4.78, 5) is 10.3. The molecule has 0 atom stereocenters. The predicted molar refractivity (Wildman–Crippen MR) is 135 cm³/mol. The summed E-state index contributed by atoms with van der Waals surface area (Å²) in [6.07, 6.45) is -11.9. The molecule has 0 aliphatic rings. The van der Waals surface area contributed by atoms with Crippen molar-refractivity contribution >= 4 is 22.2 Å². The number of hydrogen-bond donors (Lipinski definition) is 1. The number of aliphatic hydroxyl groups is 1. The first-order valence-electron chi connectivity index (χ1n) is 11.9. The highest BCUT2D eigenvalue weighted by Crippen LogP contribution is 2.50. The highest BCUT2D eigenvalue weighted by molar-refractivity contribution is 7.92. The molecule has 3 aromatic rings. The van der Waals surface area contributed by atoms with Gasteiger partial charge in [0.05, 0.1) is 11.4 Å². The number of rotatable bonds is 11. The fourth-order valence-corrected chi connectivity index (χ4v) is 5.73. The molecule has 1 N–H and O–H groups in total. The zero-order chi connectivity index (χ0) is 30.6. The molecule has 14 heteroatoms. The van der Waals surface area contributed by atoms with Crippen LogP contribution in [0.3, 0.4) is 0 Å². The lowest BCUT2D eigenvalue weighted by Gasteiger charge is -2.32. The number of ether oxygens (including phenoxy) is 1. The highest BCUT2D eigenvalue weighted by atomic mass is 32.2. The van der Waals surface area contributed by atoms with Crippen LogP contribution in [0.1, 0.15) is 30.0 Å². The van der Waals surface area contributed by atoms with Gasteiger partial charge >= 0.3 is 12.4 Å². The average molecular weight is 608 g/mol. The Labute approximate surface area is 231 Å². The Morgan fingerprint density at radius 2 is 1.44 bits per heavy atom. The van der Waals surface area contributed by atoms with Crippen molar-refractivity contribution in [3.63, 3.8) is 0 Å². The molecule has 41 heavy (non-hydrogen) atoms. The van der Waals surface area contributed by atoms with Crippen molar-refractivity contribution in [1.82, 2.24) is 0 Å². The first kappa shape index (κ1) is 31.9. The molecule has 0 unspecified atom stereocenters. The summed E-state index contributed by atoms with van der Waals surface area (Å²) in [5, 5.41) is 9.52. The minimum atomic E-state index is -6.16. The van der Waals surface area contributed by atoms with E-state index in [-0.39, 0.29) is 48.3 Å². The minimum Gasteiger partial charge on any atom is -0.463 e. The molecule has 6 nitrogen and oxygen atoms in total. The van der Waals surface area contributed by atoms with Gasteiger partial charge in [-0.15, -0.1) is 0 Å². The van der Waals surface area contributed by atoms with Gasteiger partial charge in [0.2, 0.25) is 10.0 Å². The summed E-state index contributed by atoms with van der Waals surface area (Å²) in [6.45, 7) is 2.15. The van der Waals surface area contributed by atoms with Crippen LogP contribution in [0.2, 0.25) is 0 Å². The number of hydrogen-bond acceptors (Lipinski definition) is 5. The molecule has 0 aromatic heterocycles. The molecule has 3 rings (SSSR count). The molecule has 3 aromatic carbocycles. The third kappa shape index (κ3) is 6.81. The third-order valence-electron chi connectivity index (χ3n) is 6.13. The number of nitrogens with zero attached hydrogens (tertiary/aromatic N) is 1. The van der Waals surface area contributed by atoms with Gasteiger partial charge in [-0.05, 0) is 41.3 Å². The second-order valence-electron chi connectivity index (χ2n) is 9.00. The van der Waals surface area contributed by atoms with Crippen LogP contribution in [0.15, 0.2) is 66.7 Å². The first-order valence-corrected chi connectivity index (χ1v) is 13.6. The van der Waals surface area contributed by atoms with Gasteiger partial charge in [-0.2, -0.15) is 26.3 Å². The van der Waals surface area contributed by atoms with Crippen LogP contribution in [0.25, 0.3) is 11.1 Å². The molecular formula is C27H24F7NO5S. The topological polar surface area (TPSA) is 83.9 Å². The van der Waals surface area contributed by atoms with E-state index in [0.717, 1.165) is 4.31 Å². The number of benzene rings is 3. The first-order chi connectivity index (χ1) is 19.0. The number of alkyl halides is 6. The van der Waals surface area contributed by atoms with Crippen molar-refractivity contribution in [3.8, 4) is 11.1 Å². The fourth-order valence-electron chi connectivity index (χ4n) is 4.05. The Bertz CT molecular complexity index is 1440. The SMILES string of the molecule is CCCN(c1ccc(-c2ccc(C(O)(C(F)(F)F)C(F)(F)F)cc2F)cc1)S(=O)(=O)Cc1ccc(COC=O)cc1.